The molecule has 0 saturated carbocycles. The molecule has 0 aliphatic heterocycles. The summed E-state index contributed by atoms with van der Waals surface area (Å²) >= 11 is 3.34. The molecular formula is C8H10INO2S. The number of hydrogen-bond acceptors (Lipinski definition) is 4. The van der Waals surface area contributed by atoms with Gasteiger partial charge < -0.3 is 4.74 Å². The predicted molar refractivity (Wildman–Crippen MR) is 60.3 cm³/mol. The largest absolute Gasteiger partial charge is 0.465 e. The quantitative estimate of drug-likeness (QED) is 0.623. The third-order valence-electron chi connectivity index (χ3n) is 1.58. The first-order chi connectivity index (χ1) is 6.07. The minimum atomic E-state index is -0.297. The molecule has 1 aromatic heterocycles. The molecule has 0 bridgehead atoms. The van der Waals surface area contributed by atoms with Gasteiger partial charge in [0.25, 0.3) is 0 Å². The van der Waals surface area contributed by atoms with Gasteiger partial charge in [0.05, 0.1) is 16.4 Å². The van der Waals surface area contributed by atoms with Gasteiger partial charge in [0.1, 0.15) is 4.88 Å². The lowest BCUT2D eigenvalue weighted by atomic mass is 10.1. The van der Waals surface area contributed by atoms with Gasteiger partial charge in [-0.25, -0.2) is 4.79 Å². The Labute approximate surface area is 94.8 Å². The van der Waals surface area contributed by atoms with Crippen molar-refractivity contribution < 1.29 is 9.53 Å². The van der Waals surface area contributed by atoms with Crippen LogP contribution in [0.4, 0.5) is 0 Å². The molecule has 0 aromatic carbocycles. The Morgan fingerprint density at radius 2 is 2.23 bits per heavy atom. The molecule has 1 heterocycles. The number of methoxy groups -OCH3 is 1. The number of nitrogens with zero attached hydrogens (tertiary/aromatic N) is 1. The van der Waals surface area contributed by atoms with E-state index in [9.17, 15) is 4.79 Å². The summed E-state index contributed by atoms with van der Waals surface area (Å²) in [5.41, 5.74) is 0.978. The summed E-state index contributed by atoms with van der Waals surface area (Å²) in [7, 11) is 1.38. The van der Waals surface area contributed by atoms with Crippen LogP contribution >= 0.6 is 34.1 Å². The summed E-state index contributed by atoms with van der Waals surface area (Å²) in [4.78, 5) is 11.8. The van der Waals surface area contributed by atoms with Crippen LogP contribution < -0.4 is 0 Å². The molecule has 1 aromatic rings. The highest BCUT2D eigenvalue weighted by Gasteiger charge is 2.19. The molecule has 0 aliphatic rings. The summed E-state index contributed by atoms with van der Waals surface area (Å²) in [5.74, 6) is 0.0513. The summed E-state index contributed by atoms with van der Waals surface area (Å²) in [5, 5.41) is 0. The van der Waals surface area contributed by atoms with Gasteiger partial charge in [-0.1, -0.05) is 13.8 Å². The lowest BCUT2D eigenvalue weighted by Gasteiger charge is -2.00. The van der Waals surface area contributed by atoms with Gasteiger partial charge in [-0.3, -0.25) is 0 Å². The average molecular weight is 311 g/mol. The van der Waals surface area contributed by atoms with E-state index >= 15 is 0 Å². The van der Waals surface area contributed by atoms with Crippen LogP contribution in [0.1, 0.15) is 35.1 Å². The highest BCUT2D eigenvalue weighted by atomic mass is 127. The fourth-order valence-corrected chi connectivity index (χ4v) is 3.13. The molecule has 0 amide bonds. The Morgan fingerprint density at radius 3 is 2.62 bits per heavy atom. The number of ether oxygens (including phenoxy) is 1. The fourth-order valence-electron chi connectivity index (χ4n) is 0.870. The van der Waals surface area contributed by atoms with Crippen LogP contribution in [-0.4, -0.2) is 17.5 Å². The number of hydrogen-bond donors (Lipinski definition) is 0. The average Bonchev–Trinajstić information content (AvgIpc) is 2.46. The third kappa shape index (κ3) is 2.19. The first-order valence-electron chi connectivity index (χ1n) is 3.81. The van der Waals surface area contributed by atoms with Crippen molar-refractivity contribution >= 4 is 40.1 Å². The summed E-state index contributed by atoms with van der Waals surface area (Å²) < 4.78 is 9.78. The van der Waals surface area contributed by atoms with Crippen LogP contribution in [0, 0.1) is 3.57 Å². The zero-order chi connectivity index (χ0) is 10.0. The first-order valence-corrected chi connectivity index (χ1v) is 5.66. The molecule has 0 atom stereocenters. The van der Waals surface area contributed by atoms with Crippen molar-refractivity contribution in [2.75, 3.05) is 7.11 Å². The van der Waals surface area contributed by atoms with Gasteiger partial charge in [-0.2, -0.15) is 4.37 Å². The smallest absolute Gasteiger partial charge is 0.350 e. The molecule has 0 saturated heterocycles. The Kier molecular flexibility index (Phi) is 3.66. The molecule has 13 heavy (non-hydrogen) atoms. The lowest BCUT2D eigenvalue weighted by Crippen LogP contribution is -2.01. The Balaban J connectivity index is 3.06. The van der Waals surface area contributed by atoms with Crippen LogP contribution in [0.15, 0.2) is 0 Å². The number of rotatable bonds is 2. The molecule has 0 unspecified atom stereocenters. The van der Waals surface area contributed by atoms with Crippen LogP contribution in [0.2, 0.25) is 0 Å². The standard InChI is InChI=1S/C8H10INO2S/c1-4(2)6-5(9)7(13-10-6)8(11)12-3/h4H,1-3H3. The molecule has 0 fully saturated rings. The SMILES string of the molecule is COC(=O)c1snc(C(C)C)c1I. The van der Waals surface area contributed by atoms with Crippen molar-refractivity contribution in [3.8, 4) is 0 Å². The Morgan fingerprint density at radius 1 is 1.62 bits per heavy atom. The van der Waals surface area contributed by atoms with Crippen LogP contribution in [-0.2, 0) is 4.74 Å². The molecular weight excluding hydrogens is 301 g/mol. The van der Waals surface area contributed by atoms with Gasteiger partial charge in [0.2, 0.25) is 0 Å². The zero-order valence-electron chi connectivity index (χ0n) is 7.63. The number of halogens is 1. The fraction of sp³-hybridized carbons (Fsp3) is 0.500. The molecule has 1 rings (SSSR count). The Hall–Kier alpha value is -0.170. The first kappa shape index (κ1) is 10.9. The van der Waals surface area contributed by atoms with Gasteiger partial charge in [0, 0.05) is 0 Å². The van der Waals surface area contributed by atoms with E-state index in [0.717, 1.165) is 9.26 Å². The molecule has 72 valence electrons. The van der Waals surface area contributed by atoms with E-state index in [-0.39, 0.29) is 5.97 Å². The maximum atomic E-state index is 11.2. The Bertz CT molecular complexity index is 322. The summed E-state index contributed by atoms with van der Waals surface area (Å²) in [6.07, 6.45) is 0. The van der Waals surface area contributed by atoms with Crippen LogP contribution in [0.5, 0.6) is 0 Å². The van der Waals surface area contributed by atoms with E-state index in [0.29, 0.717) is 10.8 Å². The number of carbonyl (C=O) groups excluding carboxylic acids is 1. The van der Waals surface area contributed by atoms with Crippen LogP contribution in [0.3, 0.4) is 0 Å². The predicted octanol–water partition coefficient (Wildman–Crippen LogP) is 2.66. The van der Waals surface area contributed by atoms with Gasteiger partial charge in [0.15, 0.2) is 0 Å². The van der Waals surface area contributed by atoms with Gasteiger partial charge in [-0.15, -0.1) is 0 Å². The number of carbonyl (C=O) groups is 1. The van der Waals surface area contributed by atoms with E-state index in [1.54, 1.807) is 0 Å². The van der Waals surface area contributed by atoms with Crippen molar-refractivity contribution in [2.45, 2.75) is 19.8 Å². The monoisotopic (exact) mass is 311 g/mol. The number of aromatic nitrogens is 1. The van der Waals surface area contributed by atoms with E-state index < -0.39 is 0 Å². The highest BCUT2D eigenvalue weighted by Crippen LogP contribution is 2.27. The minimum absolute atomic E-state index is 0.297. The minimum Gasteiger partial charge on any atom is -0.465 e. The van der Waals surface area contributed by atoms with Crippen LogP contribution in [0.25, 0.3) is 0 Å². The second-order valence-corrected chi connectivity index (χ2v) is 4.71. The third-order valence-corrected chi connectivity index (χ3v) is 3.88. The van der Waals surface area contributed by atoms with E-state index in [2.05, 4.69) is 45.5 Å². The zero-order valence-corrected chi connectivity index (χ0v) is 10.6. The molecule has 0 N–H and O–H groups in total. The van der Waals surface area contributed by atoms with Crippen molar-refractivity contribution in [1.29, 1.82) is 0 Å². The second-order valence-electron chi connectivity index (χ2n) is 2.86. The molecule has 0 spiro atoms. The molecule has 3 nitrogen and oxygen atoms in total. The second kappa shape index (κ2) is 4.36. The van der Waals surface area contributed by atoms with E-state index in [4.69, 9.17) is 0 Å². The van der Waals surface area contributed by atoms with E-state index in [1.807, 2.05) is 0 Å². The maximum Gasteiger partial charge on any atom is 0.350 e. The lowest BCUT2D eigenvalue weighted by molar-refractivity contribution is 0.0605. The van der Waals surface area contributed by atoms with Crippen molar-refractivity contribution in [3.05, 3.63) is 14.1 Å². The normalized spacial score (nSPS) is 10.5. The molecule has 0 aliphatic carbocycles. The van der Waals surface area contributed by atoms with Crippen molar-refractivity contribution in [1.82, 2.24) is 4.37 Å². The summed E-state index contributed by atoms with van der Waals surface area (Å²) in [6, 6.07) is 0. The van der Waals surface area contributed by atoms with E-state index in [1.165, 1.54) is 18.6 Å². The maximum absolute atomic E-state index is 11.2. The van der Waals surface area contributed by atoms with Gasteiger partial charge in [-0.05, 0) is 40.0 Å². The number of esters is 1. The van der Waals surface area contributed by atoms with Gasteiger partial charge >= 0.3 is 5.97 Å². The topological polar surface area (TPSA) is 39.2 Å². The van der Waals surface area contributed by atoms with Crippen molar-refractivity contribution in [3.63, 3.8) is 0 Å². The molecule has 0 radical (unpaired) electrons. The molecule has 5 heteroatoms. The van der Waals surface area contributed by atoms with Crippen molar-refractivity contribution in [2.24, 2.45) is 0 Å². The highest BCUT2D eigenvalue weighted by molar-refractivity contribution is 14.1. The summed E-state index contributed by atoms with van der Waals surface area (Å²) in [6.45, 7) is 4.11.